The summed E-state index contributed by atoms with van der Waals surface area (Å²) >= 11 is 3.51. The zero-order chi connectivity index (χ0) is 9.97. The van der Waals surface area contributed by atoms with Gasteiger partial charge in [-0.05, 0) is 6.07 Å². The van der Waals surface area contributed by atoms with E-state index in [1.54, 1.807) is 7.11 Å². The molecule has 0 radical (unpaired) electrons. The summed E-state index contributed by atoms with van der Waals surface area (Å²) in [5, 5.41) is 3.29. The summed E-state index contributed by atoms with van der Waals surface area (Å²) in [7, 11) is 1.66. The van der Waals surface area contributed by atoms with Crippen molar-refractivity contribution in [2.45, 2.75) is 6.54 Å². The average Bonchev–Trinajstić information content (AvgIpc) is 2.42. The zero-order valence-corrected chi connectivity index (χ0v) is 10.8. The zero-order valence-electron chi connectivity index (χ0n) is 8.38. The minimum absolute atomic E-state index is 0. The molecule has 0 fully saturated rings. The Hall–Kier alpha value is -0.450. The fourth-order valence-corrected chi connectivity index (χ4v) is 2.01. The van der Waals surface area contributed by atoms with Gasteiger partial charge in [0, 0.05) is 29.2 Å². The summed E-state index contributed by atoms with van der Waals surface area (Å²) in [6, 6.07) is 3.88. The standard InChI is InChI=1S/C10H12BrNO2.ClH/c1-13-7-4-9(11)8-6-12-2-3-14-10(8)5-7;/h4-5,12H,2-3,6H2,1H3;1H. The van der Waals surface area contributed by atoms with Crippen LogP contribution in [0.4, 0.5) is 0 Å². The van der Waals surface area contributed by atoms with Gasteiger partial charge in [-0.1, -0.05) is 15.9 Å². The molecule has 1 aromatic rings. The third kappa shape index (κ3) is 2.77. The third-order valence-electron chi connectivity index (χ3n) is 2.20. The molecule has 0 atom stereocenters. The van der Waals surface area contributed by atoms with Crippen molar-refractivity contribution in [2.24, 2.45) is 0 Å². The first kappa shape index (κ1) is 12.6. The van der Waals surface area contributed by atoms with Crippen molar-refractivity contribution in [1.82, 2.24) is 5.32 Å². The first-order valence-electron chi connectivity index (χ1n) is 4.51. The van der Waals surface area contributed by atoms with E-state index in [4.69, 9.17) is 9.47 Å². The molecule has 0 aliphatic carbocycles. The van der Waals surface area contributed by atoms with Crippen molar-refractivity contribution < 1.29 is 9.47 Å². The number of methoxy groups -OCH3 is 1. The number of ether oxygens (including phenoxy) is 2. The molecule has 0 saturated heterocycles. The van der Waals surface area contributed by atoms with Crippen LogP contribution in [0.2, 0.25) is 0 Å². The van der Waals surface area contributed by atoms with E-state index >= 15 is 0 Å². The molecule has 2 rings (SSSR count). The van der Waals surface area contributed by atoms with E-state index in [9.17, 15) is 0 Å². The summed E-state index contributed by atoms with van der Waals surface area (Å²) in [5.74, 6) is 1.72. The maximum absolute atomic E-state index is 5.60. The minimum atomic E-state index is 0. The van der Waals surface area contributed by atoms with Gasteiger partial charge < -0.3 is 14.8 Å². The van der Waals surface area contributed by atoms with Gasteiger partial charge in [0.2, 0.25) is 0 Å². The first-order valence-corrected chi connectivity index (χ1v) is 5.30. The molecule has 1 aliphatic heterocycles. The largest absolute Gasteiger partial charge is 0.497 e. The smallest absolute Gasteiger partial charge is 0.128 e. The molecule has 0 unspecified atom stereocenters. The Labute approximate surface area is 104 Å². The van der Waals surface area contributed by atoms with Gasteiger partial charge in [0.15, 0.2) is 0 Å². The number of fused-ring (bicyclic) bond motifs is 1. The Morgan fingerprint density at radius 1 is 1.47 bits per heavy atom. The van der Waals surface area contributed by atoms with Gasteiger partial charge in [0.1, 0.15) is 18.1 Å². The van der Waals surface area contributed by atoms with Crippen LogP contribution in [-0.2, 0) is 6.54 Å². The fraction of sp³-hybridized carbons (Fsp3) is 0.400. The summed E-state index contributed by atoms with van der Waals surface area (Å²) in [5.41, 5.74) is 1.16. The van der Waals surface area contributed by atoms with Crippen LogP contribution < -0.4 is 14.8 Å². The van der Waals surface area contributed by atoms with Crippen LogP contribution in [0.3, 0.4) is 0 Å². The third-order valence-corrected chi connectivity index (χ3v) is 2.91. The number of halogens is 2. The number of rotatable bonds is 1. The van der Waals surface area contributed by atoms with Crippen LogP contribution in [0.5, 0.6) is 11.5 Å². The predicted octanol–water partition coefficient (Wildman–Crippen LogP) is 2.36. The molecular formula is C10H13BrClNO2. The second-order valence-electron chi connectivity index (χ2n) is 3.11. The molecule has 5 heteroatoms. The Morgan fingerprint density at radius 2 is 2.27 bits per heavy atom. The molecule has 0 spiro atoms. The Balaban J connectivity index is 0.00000112. The maximum Gasteiger partial charge on any atom is 0.128 e. The lowest BCUT2D eigenvalue weighted by Crippen LogP contribution is -2.16. The number of hydrogen-bond acceptors (Lipinski definition) is 3. The van der Waals surface area contributed by atoms with E-state index in [-0.39, 0.29) is 12.4 Å². The highest BCUT2D eigenvalue weighted by atomic mass is 79.9. The molecule has 1 aliphatic rings. The predicted molar refractivity (Wildman–Crippen MR) is 65.1 cm³/mol. The fourth-order valence-electron chi connectivity index (χ4n) is 1.45. The van der Waals surface area contributed by atoms with Crippen molar-refractivity contribution in [3.05, 3.63) is 22.2 Å². The second-order valence-corrected chi connectivity index (χ2v) is 3.97. The minimum Gasteiger partial charge on any atom is -0.497 e. The van der Waals surface area contributed by atoms with Gasteiger partial charge >= 0.3 is 0 Å². The molecular weight excluding hydrogens is 281 g/mol. The number of benzene rings is 1. The van der Waals surface area contributed by atoms with Gasteiger partial charge in [0.05, 0.1) is 7.11 Å². The van der Waals surface area contributed by atoms with Gasteiger partial charge in [-0.15, -0.1) is 12.4 Å². The van der Waals surface area contributed by atoms with Crippen LogP contribution in [0.1, 0.15) is 5.56 Å². The van der Waals surface area contributed by atoms with Crippen LogP contribution in [0.15, 0.2) is 16.6 Å². The molecule has 0 aromatic heterocycles. The van der Waals surface area contributed by atoms with E-state index in [0.29, 0.717) is 6.61 Å². The number of hydrogen-bond donors (Lipinski definition) is 1. The maximum atomic E-state index is 5.60. The van der Waals surface area contributed by atoms with Crippen LogP contribution in [0, 0.1) is 0 Å². The summed E-state index contributed by atoms with van der Waals surface area (Å²) in [6.07, 6.45) is 0. The molecule has 0 amide bonds. The first-order chi connectivity index (χ1) is 6.81. The molecule has 1 aromatic carbocycles. The Kier molecular flexibility index (Phi) is 4.70. The molecule has 1 N–H and O–H groups in total. The van der Waals surface area contributed by atoms with E-state index in [0.717, 1.165) is 34.6 Å². The molecule has 1 heterocycles. The van der Waals surface area contributed by atoms with E-state index in [2.05, 4.69) is 21.2 Å². The van der Waals surface area contributed by atoms with E-state index < -0.39 is 0 Å². The molecule has 15 heavy (non-hydrogen) atoms. The SMILES string of the molecule is COc1cc(Br)c2c(c1)OCCNC2.Cl. The van der Waals surface area contributed by atoms with Crippen LogP contribution in [-0.4, -0.2) is 20.3 Å². The van der Waals surface area contributed by atoms with Crippen LogP contribution >= 0.6 is 28.3 Å². The topological polar surface area (TPSA) is 30.5 Å². The summed E-state index contributed by atoms with van der Waals surface area (Å²) < 4.78 is 11.8. The van der Waals surface area contributed by atoms with Crippen molar-refractivity contribution in [3.63, 3.8) is 0 Å². The second kappa shape index (κ2) is 5.58. The van der Waals surface area contributed by atoms with Crippen molar-refractivity contribution in [1.29, 1.82) is 0 Å². The molecule has 0 bridgehead atoms. The van der Waals surface area contributed by atoms with E-state index in [1.165, 1.54) is 0 Å². The average molecular weight is 295 g/mol. The highest BCUT2D eigenvalue weighted by Crippen LogP contribution is 2.33. The van der Waals surface area contributed by atoms with Gasteiger partial charge in [-0.3, -0.25) is 0 Å². The number of nitrogens with one attached hydrogen (secondary N) is 1. The van der Waals surface area contributed by atoms with Crippen molar-refractivity contribution in [3.8, 4) is 11.5 Å². The van der Waals surface area contributed by atoms with Crippen LogP contribution in [0.25, 0.3) is 0 Å². The lowest BCUT2D eigenvalue weighted by atomic mass is 10.2. The highest BCUT2D eigenvalue weighted by molar-refractivity contribution is 9.10. The van der Waals surface area contributed by atoms with Gasteiger partial charge in [0.25, 0.3) is 0 Å². The highest BCUT2D eigenvalue weighted by Gasteiger charge is 2.13. The molecule has 0 saturated carbocycles. The molecule has 3 nitrogen and oxygen atoms in total. The summed E-state index contributed by atoms with van der Waals surface area (Å²) in [6.45, 7) is 2.41. The van der Waals surface area contributed by atoms with Gasteiger partial charge in [-0.2, -0.15) is 0 Å². The van der Waals surface area contributed by atoms with Crippen molar-refractivity contribution >= 4 is 28.3 Å². The van der Waals surface area contributed by atoms with E-state index in [1.807, 2.05) is 12.1 Å². The summed E-state index contributed by atoms with van der Waals surface area (Å²) in [4.78, 5) is 0. The Morgan fingerprint density at radius 3 is 3.00 bits per heavy atom. The molecule has 84 valence electrons. The Bertz CT molecular complexity index is 346. The quantitative estimate of drug-likeness (QED) is 0.862. The normalized spacial score (nSPS) is 14.3. The lowest BCUT2D eigenvalue weighted by Gasteiger charge is -2.10. The lowest BCUT2D eigenvalue weighted by molar-refractivity contribution is 0.322. The monoisotopic (exact) mass is 293 g/mol. The van der Waals surface area contributed by atoms with Crippen molar-refractivity contribution in [2.75, 3.05) is 20.3 Å². The van der Waals surface area contributed by atoms with Gasteiger partial charge in [-0.25, -0.2) is 0 Å².